The Kier molecular flexibility index (Phi) is 3.85. The number of rotatable bonds is 2. The Hall–Kier alpha value is -0.860. The number of nitrogens with zero attached hydrogens (tertiary/aromatic N) is 1. The van der Waals surface area contributed by atoms with Gasteiger partial charge in [0.2, 0.25) is 0 Å². The maximum absolute atomic E-state index is 9.59. The van der Waals surface area contributed by atoms with E-state index in [1.54, 1.807) is 0 Å². The van der Waals surface area contributed by atoms with E-state index in [2.05, 4.69) is 35.2 Å². The second-order valence-electron chi connectivity index (χ2n) is 5.33. The number of benzene rings is 1. The molecule has 3 rings (SSSR count). The Morgan fingerprint density at radius 2 is 1.65 bits per heavy atom. The van der Waals surface area contributed by atoms with E-state index in [1.807, 2.05) is 0 Å². The first-order valence-corrected chi connectivity index (χ1v) is 6.25. The minimum Gasteiger partial charge on any atom is -0.393 e. The third-order valence-corrected chi connectivity index (χ3v) is 4.05. The van der Waals surface area contributed by atoms with Crippen molar-refractivity contribution in [2.45, 2.75) is 32.9 Å². The van der Waals surface area contributed by atoms with Crippen molar-refractivity contribution in [3.8, 4) is 0 Å². The van der Waals surface area contributed by atoms with E-state index < -0.39 is 0 Å². The molecule has 1 N–H and O–H groups in total. The fourth-order valence-corrected chi connectivity index (χ4v) is 3.34. The van der Waals surface area contributed by atoms with Gasteiger partial charge in [0.15, 0.2) is 0 Å². The summed E-state index contributed by atoms with van der Waals surface area (Å²) >= 11 is 0. The molecule has 94 valence electrons. The summed E-state index contributed by atoms with van der Waals surface area (Å²) in [6.07, 6.45) is 2.03. The van der Waals surface area contributed by atoms with Crippen molar-refractivity contribution in [3.05, 3.63) is 35.9 Å². The van der Waals surface area contributed by atoms with Crippen molar-refractivity contribution in [1.29, 1.82) is 0 Å². The van der Waals surface area contributed by atoms with E-state index in [-0.39, 0.29) is 13.5 Å². The van der Waals surface area contributed by atoms with Crippen molar-refractivity contribution in [3.63, 3.8) is 0 Å². The highest BCUT2D eigenvalue weighted by atomic mass is 16.3. The smallest absolute Gasteiger partial charge is 0.0546 e. The maximum Gasteiger partial charge on any atom is 0.0546 e. The average molecular weight is 233 g/mol. The topological polar surface area (TPSA) is 23.5 Å². The van der Waals surface area contributed by atoms with Crippen LogP contribution in [0.15, 0.2) is 30.3 Å². The molecule has 17 heavy (non-hydrogen) atoms. The first-order valence-electron chi connectivity index (χ1n) is 6.25. The Labute approximate surface area is 104 Å². The molecule has 2 fully saturated rings. The molecule has 1 aromatic carbocycles. The Morgan fingerprint density at radius 1 is 1.06 bits per heavy atom. The van der Waals surface area contributed by atoms with Gasteiger partial charge < -0.3 is 5.11 Å². The first-order chi connectivity index (χ1) is 7.81. The largest absolute Gasteiger partial charge is 0.393 e. The second kappa shape index (κ2) is 5.19. The van der Waals surface area contributed by atoms with Crippen LogP contribution < -0.4 is 0 Å². The van der Waals surface area contributed by atoms with Crippen LogP contribution in [-0.2, 0) is 6.54 Å². The van der Waals surface area contributed by atoms with Crippen molar-refractivity contribution < 1.29 is 5.11 Å². The van der Waals surface area contributed by atoms with E-state index in [0.717, 1.165) is 31.2 Å². The van der Waals surface area contributed by atoms with Crippen LogP contribution in [0.4, 0.5) is 0 Å². The minimum atomic E-state index is -0.0196. The highest BCUT2D eigenvalue weighted by Gasteiger charge is 2.39. The number of likely N-dealkylation sites (tertiary alicyclic amines) is 1. The summed E-state index contributed by atoms with van der Waals surface area (Å²) in [6.45, 7) is 3.43. The third-order valence-electron chi connectivity index (χ3n) is 4.05. The molecule has 1 saturated carbocycles. The monoisotopic (exact) mass is 233 g/mol. The van der Waals surface area contributed by atoms with Gasteiger partial charge in [0, 0.05) is 19.6 Å². The fraction of sp³-hybridized carbons (Fsp3) is 0.600. The summed E-state index contributed by atoms with van der Waals surface area (Å²) in [5, 5.41) is 9.59. The van der Waals surface area contributed by atoms with E-state index in [0.29, 0.717) is 0 Å². The summed E-state index contributed by atoms with van der Waals surface area (Å²) in [5.74, 6) is 1.50. The summed E-state index contributed by atoms with van der Waals surface area (Å²) in [7, 11) is 0. The van der Waals surface area contributed by atoms with Crippen LogP contribution >= 0.6 is 0 Å². The molecule has 2 nitrogen and oxygen atoms in total. The molecule has 3 atom stereocenters. The molecule has 0 aromatic heterocycles. The normalized spacial score (nSPS) is 32.2. The summed E-state index contributed by atoms with van der Waals surface area (Å²) in [5.41, 5.74) is 1.41. The van der Waals surface area contributed by atoms with Gasteiger partial charge in [-0.15, -0.1) is 0 Å². The van der Waals surface area contributed by atoms with Crippen LogP contribution in [0.25, 0.3) is 0 Å². The zero-order chi connectivity index (χ0) is 11.0. The van der Waals surface area contributed by atoms with Crippen molar-refractivity contribution in [2.24, 2.45) is 11.8 Å². The third kappa shape index (κ3) is 2.70. The zero-order valence-corrected chi connectivity index (χ0v) is 9.55. The molecule has 2 aliphatic rings. The lowest BCUT2D eigenvalue weighted by Gasteiger charge is -2.17. The van der Waals surface area contributed by atoms with Crippen LogP contribution in [0.1, 0.15) is 25.8 Å². The number of fused-ring (bicyclic) bond motifs is 1. The van der Waals surface area contributed by atoms with Gasteiger partial charge in [0.05, 0.1) is 6.10 Å². The lowest BCUT2D eigenvalue weighted by molar-refractivity contribution is 0.161. The molecule has 1 aliphatic heterocycles. The van der Waals surface area contributed by atoms with Crippen molar-refractivity contribution >= 4 is 0 Å². The van der Waals surface area contributed by atoms with E-state index in [4.69, 9.17) is 0 Å². The highest BCUT2D eigenvalue weighted by molar-refractivity contribution is 5.14. The Balaban J connectivity index is 0.00000108. The minimum absolute atomic E-state index is 0. The van der Waals surface area contributed by atoms with Crippen LogP contribution in [0.5, 0.6) is 0 Å². The lowest BCUT2D eigenvalue weighted by atomic mass is 10.0. The van der Waals surface area contributed by atoms with Gasteiger partial charge in [0.1, 0.15) is 0 Å². The molecule has 0 amide bonds. The lowest BCUT2D eigenvalue weighted by Crippen LogP contribution is -2.22. The summed E-state index contributed by atoms with van der Waals surface area (Å²) in [6, 6.07) is 10.7. The Morgan fingerprint density at radius 3 is 2.24 bits per heavy atom. The summed E-state index contributed by atoms with van der Waals surface area (Å²) < 4.78 is 0. The maximum atomic E-state index is 9.59. The van der Waals surface area contributed by atoms with Gasteiger partial charge >= 0.3 is 0 Å². The molecule has 1 aromatic rings. The van der Waals surface area contributed by atoms with Crippen molar-refractivity contribution in [1.82, 2.24) is 4.90 Å². The predicted octanol–water partition coefficient (Wildman–Crippen LogP) is 2.53. The van der Waals surface area contributed by atoms with Crippen molar-refractivity contribution in [2.75, 3.05) is 13.1 Å². The first kappa shape index (κ1) is 12.6. The number of hydrogen-bond acceptors (Lipinski definition) is 2. The molecule has 0 spiro atoms. The number of hydrogen-bond donors (Lipinski definition) is 1. The van der Waals surface area contributed by atoms with Crippen LogP contribution in [0.3, 0.4) is 0 Å². The van der Waals surface area contributed by atoms with Gasteiger partial charge in [0.25, 0.3) is 0 Å². The standard InChI is InChI=1S/C14H19NO.CH4/c16-14-6-12-9-15(10-13(12)7-14)8-11-4-2-1-3-5-11;/h1-5,12-14,16H,6-10H2;1H4/t12-,13+,14?;. The highest BCUT2D eigenvalue weighted by Crippen LogP contribution is 2.38. The molecule has 1 saturated heterocycles. The SMILES string of the molecule is C.OC1C[C@@H]2CN(Cc3ccccc3)C[C@@H]2C1. The molecule has 0 radical (unpaired) electrons. The van der Waals surface area contributed by atoms with E-state index in [1.165, 1.54) is 18.7 Å². The van der Waals surface area contributed by atoms with Crippen LogP contribution in [-0.4, -0.2) is 29.2 Å². The molecular weight excluding hydrogens is 210 g/mol. The second-order valence-corrected chi connectivity index (χ2v) is 5.33. The predicted molar refractivity (Wildman–Crippen MR) is 70.7 cm³/mol. The van der Waals surface area contributed by atoms with Gasteiger partial charge in [-0.1, -0.05) is 37.8 Å². The van der Waals surface area contributed by atoms with E-state index in [9.17, 15) is 5.11 Å². The Bertz CT molecular complexity index is 337. The molecule has 1 heterocycles. The molecule has 2 heteroatoms. The van der Waals surface area contributed by atoms with Gasteiger partial charge in [-0.2, -0.15) is 0 Å². The quantitative estimate of drug-likeness (QED) is 0.848. The van der Waals surface area contributed by atoms with Crippen LogP contribution in [0, 0.1) is 11.8 Å². The molecule has 1 unspecified atom stereocenters. The number of aliphatic hydroxyl groups excluding tert-OH is 1. The molecule has 0 bridgehead atoms. The molecular formula is C15H23NO. The van der Waals surface area contributed by atoms with Gasteiger partial charge in [-0.25, -0.2) is 0 Å². The average Bonchev–Trinajstić information content (AvgIpc) is 2.76. The zero-order valence-electron chi connectivity index (χ0n) is 9.55. The van der Waals surface area contributed by atoms with Gasteiger partial charge in [-0.05, 0) is 30.2 Å². The number of aliphatic hydroxyl groups is 1. The molecule has 1 aliphatic carbocycles. The summed E-state index contributed by atoms with van der Waals surface area (Å²) in [4.78, 5) is 2.54. The van der Waals surface area contributed by atoms with Crippen LogP contribution in [0.2, 0.25) is 0 Å². The van der Waals surface area contributed by atoms with Gasteiger partial charge in [-0.3, -0.25) is 4.90 Å². The van der Waals surface area contributed by atoms with E-state index >= 15 is 0 Å². The fourth-order valence-electron chi connectivity index (χ4n) is 3.34.